The molecular formula is C47H38. The summed E-state index contributed by atoms with van der Waals surface area (Å²) in [5.41, 5.74) is 10.1. The van der Waals surface area contributed by atoms with Gasteiger partial charge >= 0.3 is 0 Å². The topological polar surface area (TPSA) is 0 Å². The molecule has 0 bridgehead atoms. The molecule has 1 atom stereocenters. The van der Waals surface area contributed by atoms with E-state index in [0.29, 0.717) is 0 Å². The van der Waals surface area contributed by atoms with Crippen molar-refractivity contribution in [2.24, 2.45) is 5.41 Å². The Balaban J connectivity index is 1.60. The van der Waals surface area contributed by atoms with Crippen molar-refractivity contribution in [3.05, 3.63) is 193 Å². The third-order valence-corrected chi connectivity index (χ3v) is 10.3. The van der Waals surface area contributed by atoms with Gasteiger partial charge < -0.3 is 0 Å². The Bertz CT molecular complexity index is 2300. The normalized spacial score (nSPS) is 16.8. The van der Waals surface area contributed by atoms with E-state index >= 15 is 0 Å². The molecule has 1 unspecified atom stereocenters. The van der Waals surface area contributed by atoms with E-state index in [2.05, 4.69) is 184 Å². The van der Waals surface area contributed by atoms with Crippen molar-refractivity contribution in [2.45, 2.75) is 26.2 Å². The molecule has 0 aliphatic heterocycles. The Kier molecular flexibility index (Phi) is 7.23. The Morgan fingerprint density at radius 2 is 1.04 bits per heavy atom. The minimum absolute atomic E-state index is 0.0944. The van der Waals surface area contributed by atoms with Gasteiger partial charge in [0.15, 0.2) is 0 Å². The lowest BCUT2D eigenvalue weighted by atomic mass is 9.68. The van der Waals surface area contributed by atoms with Crippen molar-refractivity contribution in [1.29, 1.82) is 0 Å². The van der Waals surface area contributed by atoms with E-state index in [0.717, 1.165) is 12.0 Å². The molecule has 6 aromatic carbocycles. The first kappa shape index (κ1) is 29.0. The molecule has 0 nitrogen and oxygen atoms in total. The van der Waals surface area contributed by atoms with Crippen LogP contribution in [0.3, 0.4) is 0 Å². The van der Waals surface area contributed by atoms with E-state index in [9.17, 15) is 0 Å². The van der Waals surface area contributed by atoms with Gasteiger partial charge in [0, 0.05) is 11.3 Å². The summed E-state index contributed by atoms with van der Waals surface area (Å²) in [4.78, 5) is 0. The van der Waals surface area contributed by atoms with E-state index in [4.69, 9.17) is 0 Å². The lowest BCUT2D eigenvalue weighted by molar-refractivity contribution is 0.407. The fourth-order valence-corrected chi connectivity index (χ4v) is 8.03. The maximum absolute atomic E-state index is 4.52. The van der Waals surface area contributed by atoms with Crippen molar-refractivity contribution in [3.8, 4) is 22.3 Å². The zero-order valence-electron chi connectivity index (χ0n) is 27.1. The summed E-state index contributed by atoms with van der Waals surface area (Å²) in [6.07, 6.45) is 10.3. The molecule has 0 amide bonds. The van der Waals surface area contributed by atoms with Crippen LogP contribution in [0.2, 0.25) is 0 Å². The highest BCUT2D eigenvalue weighted by molar-refractivity contribution is 6.23. The molecule has 226 valence electrons. The molecule has 0 N–H and O–H groups in total. The molecule has 8 rings (SSSR count). The monoisotopic (exact) mass is 602 g/mol. The van der Waals surface area contributed by atoms with E-state index in [1.807, 2.05) is 0 Å². The molecule has 0 saturated carbocycles. The molecule has 0 saturated heterocycles. The largest absolute Gasteiger partial charge is 0.0915 e. The van der Waals surface area contributed by atoms with Gasteiger partial charge in [0.2, 0.25) is 0 Å². The smallest absolute Gasteiger partial charge is 0.0119 e. The summed E-state index contributed by atoms with van der Waals surface area (Å²) in [5.74, 6) is 0.0944. The zero-order chi connectivity index (χ0) is 32.0. The number of allylic oxidation sites excluding steroid dienone is 7. The highest BCUT2D eigenvalue weighted by Crippen LogP contribution is 2.54. The van der Waals surface area contributed by atoms with Crippen molar-refractivity contribution in [2.75, 3.05) is 0 Å². The van der Waals surface area contributed by atoms with Crippen LogP contribution in [0, 0.1) is 5.41 Å². The van der Waals surface area contributed by atoms with Crippen molar-refractivity contribution >= 4 is 32.3 Å². The first-order valence-electron chi connectivity index (χ1n) is 16.7. The lowest BCUT2D eigenvalue weighted by Crippen LogP contribution is -2.23. The van der Waals surface area contributed by atoms with Crippen molar-refractivity contribution in [1.82, 2.24) is 0 Å². The fourth-order valence-electron chi connectivity index (χ4n) is 8.03. The highest BCUT2D eigenvalue weighted by Gasteiger charge is 2.38. The van der Waals surface area contributed by atoms with Crippen LogP contribution < -0.4 is 0 Å². The molecule has 0 heteroatoms. The van der Waals surface area contributed by atoms with Crippen LogP contribution in [0.5, 0.6) is 0 Å². The third-order valence-electron chi connectivity index (χ3n) is 10.3. The number of hydrogen-bond donors (Lipinski definition) is 0. The van der Waals surface area contributed by atoms with Crippen LogP contribution in [0.1, 0.15) is 31.7 Å². The average Bonchev–Trinajstić information content (AvgIpc) is 3.59. The van der Waals surface area contributed by atoms with E-state index in [-0.39, 0.29) is 11.3 Å². The summed E-state index contributed by atoms with van der Waals surface area (Å²) in [7, 11) is 0. The predicted octanol–water partition coefficient (Wildman–Crippen LogP) is 13.1. The maximum Gasteiger partial charge on any atom is 0.0119 e. The Hall–Kier alpha value is -5.46. The summed E-state index contributed by atoms with van der Waals surface area (Å²) in [5, 5.41) is 7.50. The van der Waals surface area contributed by atoms with Gasteiger partial charge in [0.25, 0.3) is 0 Å². The average molecular weight is 603 g/mol. The number of hydrogen-bond acceptors (Lipinski definition) is 0. The summed E-state index contributed by atoms with van der Waals surface area (Å²) in [6.45, 7) is 9.35. The van der Waals surface area contributed by atoms with E-state index in [1.54, 1.807) is 0 Å². The second kappa shape index (κ2) is 11.7. The fraction of sp³-hybridized carbons (Fsp3) is 0.106. The molecule has 2 aliphatic rings. The SMILES string of the molecule is C=C1C=CC(c2ccccccc3ccccc3c2-c2c3ccccc3c(-c3ccccc3)c3ccccc23)C(C)(C)C2=C1CC=C2. The van der Waals surface area contributed by atoms with Crippen molar-refractivity contribution < 1.29 is 0 Å². The van der Waals surface area contributed by atoms with Gasteiger partial charge in [0.05, 0.1) is 0 Å². The van der Waals surface area contributed by atoms with Crippen molar-refractivity contribution in [3.63, 3.8) is 0 Å². The van der Waals surface area contributed by atoms with Crippen LogP contribution in [-0.4, -0.2) is 0 Å². The van der Waals surface area contributed by atoms with Crippen LogP contribution in [-0.2, 0) is 0 Å². The summed E-state index contributed by atoms with van der Waals surface area (Å²) >= 11 is 0. The Labute approximate surface area is 278 Å². The predicted molar refractivity (Wildman–Crippen MR) is 203 cm³/mol. The van der Waals surface area contributed by atoms with Gasteiger partial charge in [-0.2, -0.15) is 0 Å². The van der Waals surface area contributed by atoms with Gasteiger partial charge in [-0.3, -0.25) is 0 Å². The van der Waals surface area contributed by atoms with Gasteiger partial charge in [-0.1, -0.05) is 184 Å². The van der Waals surface area contributed by atoms with Gasteiger partial charge in [-0.15, -0.1) is 0 Å². The molecule has 0 spiro atoms. The van der Waals surface area contributed by atoms with Crippen LogP contribution >= 0.6 is 0 Å². The highest BCUT2D eigenvalue weighted by atomic mass is 14.4. The first-order valence-corrected chi connectivity index (χ1v) is 16.7. The molecule has 6 aromatic rings. The van der Waals surface area contributed by atoms with Gasteiger partial charge in [0.1, 0.15) is 0 Å². The Morgan fingerprint density at radius 3 is 1.70 bits per heavy atom. The first-order chi connectivity index (χ1) is 23.0. The number of fused-ring (bicyclic) bond motifs is 3. The number of rotatable bonds is 3. The standard InChI is InChI=1S/C47H38/c1-32-30-31-43(47(2,3)42-29-17-28-35(32)42)41-27-10-5-4-7-18-33-19-11-12-22-36(33)45(41)46-39-25-15-13-23-37(39)44(34-20-8-6-9-21-34)38-24-14-16-26-40(38)46/h4-27,29-31,43H,1,28H2,2-3H3. The molecule has 47 heavy (non-hydrogen) atoms. The quantitative estimate of drug-likeness (QED) is 0.177. The van der Waals surface area contributed by atoms with Gasteiger partial charge in [-0.05, 0) is 83.3 Å². The molecule has 2 aliphatic carbocycles. The summed E-state index contributed by atoms with van der Waals surface area (Å²) < 4.78 is 0. The minimum Gasteiger partial charge on any atom is -0.0915 e. The van der Waals surface area contributed by atoms with Crippen LogP contribution in [0.4, 0.5) is 0 Å². The molecule has 0 radical (unpaired) electrons. The molecule has 0 aromatic heterocycles. The minimum atomic E-state index is -0.169. The number of benzene rings is 5. The lowest BCUT2D eigenvalue weighted by Gasteiger charge is -2.35. The Morgan fingerprint density at radius 1 is 0.532 bits per heavy atom. The second-order valence-electron chi connectivity index (χ2n) is 13.3. The molecule has 0 heterocycles. The third kappa shape index (κ3) is 4.84. The van der Waals surface area contributed by atoms with Gasteiger partial charge in [-0.25, -0.2) is 0 Å². The zero-order valence-corrected chi connectivity index (χ0v) is 27.1. The van der Waals surface area contributed by atoms with E-state index < -0.39 is 0 Å². The molecule has 0 fully saturated rings. The summed E-state index contributed by atoms with van der Waals surface area (Å²) in [6, 6.07) is 51.1. The molecular weight excluding hydrogens is 565 g/mol. The second-order valence-corrected chi connectivity index (χ2v) is 13.3. The van der Waals surface area contributed by atoms with Crippen LogP contribution in [0.25, 0.3) is 54.6 Å². The van der Waals surface area contributed by atoms with E-state index in [1.165, 1.54) is 71.3 Å². The maximum atomic E-state index is 4.52. The van der Waals surface area contributed by atoms with Crippen LogP contribution in [0.15, 0.2) is 187 Å².